The fourth-order valence-electron chi connectivity index (χ4n) is 7.53. The lowest BCUT2D eigenvalue weighted by molar-refractivity contribution is -0.160. The molecular weight excluding hydrogens is 646 g/mol. The summed E-state index contributed by atoms with van der Waals surface area (Å²) < 4.78 is 12.7. The molecule has 11 heteroatoms. The number of aliphatic hydroxyl groups excluding tert-OH is 1. The van der Waals surface area contributed by atoms with Crippen molar-refractivity contribution in [1.29, 1.82) is 0 Å². The third-order valence-electron chi connectivity index (χ3n) is 9.82. The van der Waals surface area contributed by atoms with E-state index in [2.05, 4.69) is 5.32 Å². The number of carbonyl (C=O) groups is 4. The predicted octanol–water partition coefficient (Wildman–Crippen LogP) is 4.31. The number of esters is 1. The number of rotatable bonds is 5. The Bertz CT molecular complexity index is 1780. The van der Waals surface area contributed by atoms with Crippen LogP contribution in [0.3, 0.4) is 0 Å². The number of allylic oxidation sites excluding steroid dienone is 1. The number of carbonyl (C=O) groups excluding carboxylic acids is 4. The number of hydrogen-bond donors (Lipinski definition) is 2. The van der Waals surface area contributed by atoms with E-state index in [-0.39, 0.29) is 25.4 Å². The Balaban J connectivity index is 1.35. The van der Waals surface area contributed by atoms with Crippen LogP contribution in [0.5, 0.6) is 0 Å². The van der Waals surface area contributed by atoms with Gasteiger partial charge in [0, 0.05) is 23.7 Å². The molecule has 49 heavy (non-hydrogen) atoms. The van der Waals surface area contributed by atoms with Crippen molar-refractivity contribution in [3.63, 3.8) is 0 Å². The minimum Gasteiger partial charge on any atom is -0.455 e. The van der Waals surface area contributed by atoms with E-state index in [9.17, 15) is 19.5 Å². The molecule has 2 fully saturated rings. The molecule has 7 rings (SSSR count). The molecule has 0 unspecified atom stereocenters. The van der Waals surface area contributed by atoms with Gasteiger partial charge in [-0.2, -0.15) is 0 Å². The Morgan fingerprint density at radius 2 is 1.63 bits per heavy atom. The molecule has 2 N–H and O–H groups in total. The van der Waals surface area contributed by atoms with Gasteiger partial charge in [0.05, 0.1) is 31.2 Å². The molecule has 0 radical (unpaired) electrons. The van der Waals surface area contributed by atoms with Crippen LogP contribution in [0.4, 0.5) is 5.69 Å². The van der Waals surface area contributed by atoms with Gasteiger partial charge in [0.15, 0.2) is 0 Å². The molecule has 252 valence electrons. The Morgan fingerprint density at radius 1 is 0.918 bits per heavy atom. The molecule has 1 spiro atoms. The molecule has 3 aromatic carbocycles. The molecule has 4 heterocycles. The second-order valence-electron chi connectivity index (χ2n) is 12.6. The first-order valence-electron chi connectivity index (χ1n) is 16.4. The summed E-state index contributed by atoms with van der Waals surface area (Å²) in [7, 11) is 0. The molecular formula is C38H36ClN3O7. The first-order valence-corrected chi connectivity index (χ1v) is 16.8. The third kappa shape index (κ3) is 5.94. The van der Waals surface area contributed by atoms with Gasteiger partial charge in [-0.15, -0.1) is 0 Å². The zero-order valence-corrected chi connectivity index (χ0v) is 27.3. The summed E-state index contributed by atoms with van der Waals surface area (Å²) in [6, 6.07) is 22.7. The smallest absolute Gasteiger partial charge is 0.313 e. The van der Waals surface area contributed by atoms with E-state index < -0.39 is 66.1 Å². The van der Waals surface area contributed by atoms with Crippen LogP contribution in [-0.2, 0) is 28.7 Å². The number of cyclic esters (lactones) is 1. The molecule has 0 aromatic heterocycles. The van der Waals surface area contributed by atoms with E-state index in [1.165, 1.54) is 9.80 Å². The van der Waals surface area contributed by atoms with E-state index in [4.69, 9.17) is 21.1 Å². The van der Waals surface area contributed by atoms with Crippen LogP contribution in [0, 0.1) is 11.8 Å². The van der Waals surface area contributed by atoms with E-state index in [1.807, 2.05) is 42.5 Å². The van der Waals surface area contributed by atoms with E-state index >= 15 is 4.79 Å². The van der Waals surface area contributed by atoms with Crippen molar-refractivity contribution in [3.05, 3.63) is 125 Å². The lowest BCUT2D eigenvalue weighted by atomic mass is 9.74. The molecule has 0 saturated carbocycles. The van der Waals surface area contributed by atoms with Crippen LogP contribution >= 0.6 is 11.6 Å². The standard InChI is InChI=1S/C38H36ClN3O7/c39-26-15-17-27(18-16-26)41-21-9-3-8-14-31(44)40-22-30(25-12-6-2-7-13-25)48-37(47)32-29-19-20-38(49-29)33(32)35(45)42(34(38)36(41)46)28(23-43)24-10-4-1-5-11-24/h1-7,9-13,15-20,28-30,32-34,43H,8,14,21-23H2,(H,40,44)/b9-3-/t28-,29-,30-,32+,33+,34-,38+/m1/s1. The topological polar surface area (TPSA) is 125 Å². The van der Waals surface area contributed by atoms with Crippen molar-refractivity contribution < 1.29 is 33.8 Å². The maximum Gasteiger partial charge on any atom is 0.313 e. The van der Waals surface area contributed by atoms with Crippen LogP contribution in [0.25, 0.3) is 0 Å². The van der Waals surface area contributed by atoms with Crippen LogP contribution in [-0.4, -0.2) is 71.1 Å². The molecule has 2 saturated heterocycles. The first kappa shape index (κ1) is 32.8. The molecule has 4 aliphatic rings. The Labute approximate surface area is 288 Å². The average Bonchev–Trinajstić information content (AvgIpc) is 3.77. The normalized spacial score (nSPS) is 29.8. The first-order chi connectivity index (χ1) is 23.8. The van der Waals surface area contributed by atoms with Crippen LogP contribution in [0.15, 0.2) is 109 Å². The van der Waals surface area contributed by atoms with Crippen molar-refractivity contribution >= 4 is 41.0 Å². The van der Waals surface area contributed by atoms with E-state index in [0.29, 0.717) is 28.3 Å². The number of ether oxygens (including phenoxy) is 2. The maximum atomic E-state index is 15.1. The fourth-order valence-corrected chi connectivity index (χ4v) is 7.66. The van der Waals surface area contributed by atoms with Crippen molar-refractivity contribution in [2.24, 2.45) is 11.8 Å². The zero-order chi connectivity index (χ0) is 34.1. The molecule has 3 aromatic rings. The fraction of sp³-hybridized carbons (Fsp3) is 0.316. The SMILES string of the molecule is O=C1CC/C=C\CN(c2ccc(Cl)cc2)C(=O)[C@H]2N([C@H](CO)c3ccccc3)C(=O)[C@@H]3[C@@H](C(=O)O[C@@H](c4ccccc4)CN1)[C@H]1C=C[C@]32O1. The molecule has 4 aliphatic heterocycles. The van der Waals surface area contributed by atoms with Crippen LogP contribution in [0.1, 0.15) is 36.1 Å². The highest BCUT2D eigenvalue weighted by molar-refractivity contribution is 6.30. The molecule has 3 amide bonds. The van der Waals surface area contributed by atoms with Gasteiger partial charge < -0.3 is 29.7 Å². The van der Waals surface area contributed by atoms with Gasteiger partial charge in [0.2, 0.25) is 11.8 Å². The number of hydrogen-bond acceptors (Lipinski definition) is 7. The van der Waals surface area contributed by atoms with Crippen LogP contribution < -0.4 is 10.2 Å². The number of nitrogens with zero attached hydrogens (tertiary/aromatic N) is 2. The third-order valence-corrected chi connectivity index (χ3v) is 10.1. The summed E-state index contributed by atoms with van der Waals surface area (Å²) in [5, 5.41) is 14.2. The summed E-state index contributed by atoms with van der Waals surface area (Å²) in [5.74, 6) is -4.03. The number of anilines is 1. The number of fused-ring (bicyclic) bond motifs is 2. The van der Waals surface area contributed by atoms with Gasteiger partial charge in [-0.1, -0.05) is 96.6 Å². The second-order valence-corrected chi connectivity index (χ2v) is 13.1. The Morgan fingerprint density at radius 3 is 2.35 bits per heavy atom. The predicted molar refractivity (Wildman–Crippen MR) is 181 cm³/mol. The van der Waals surface area contributed by atoms with E-state index in [0.717, 1.165) is 0 Å². The number of amides is 3. The number of likely N-dealkylation sites (tertiary alicyclic amines) is 1. The van der Waals surface area contributed by atoms with E-state index in [1.54, 1.807) is 66.8 Å². The quantitative estimate of drug-likeness (QED) is 0.304. The molecule has 10 nitrogen and oxygen atoms in total. The van der Waals surface area contributed by atoms with Gasteiger partial charge in [-0.3, -0.25) is 19.2 Å². The van der Waals surface area contributed by atoms with Gasteiger partial charge in [0.1, 0.15) is 23.7 Å². The number of halogens is 1. The summed E-state index contributed by atoms with van der Waals surface area (Å²) >= 11 is 6.21. The average molecular weight is 682 g/mol. The van der Waals surface area contributed by atoms with Crippen molar-refractivity contribution in [3.8, 4) is 0 Å². The van der Waals surface area contributed by atoms with Gasteiger partial charge >= 0.3 is 5.97 Å². The number of nitrogens with one attached hydrogen (secondary N) is 1. The van der Waals surface area contributed by atoms with Crippen molar-refractivity contribution in [2.75, 3.05) is 24.6 Å². The minimum absolute atomic E-state index is 0.0360. The Kier molecular flexibility index (Phi) is 9.11. The highest BCUT2D eigenvalue weighted by atomic mass is 35.5. The number of aliphatic hydroxyl groups is 1. The van der Waals surface area contributed by atoms with Gasteiger partial charge in [-0.05, 0) is 41.8 Å². The summed E-state index contributed by atoms with van der Waals surface area (Å²) in [6.45, 7) is -0.319. The monoisotopic (exact) mass is 681 g/mol. The largest absolute Gasteiger partial charge is 0.455 e. The van der Waals surface area contributed by atoms with Gasteiger partial charge in [0.25, 0.3) is 5.91 Å². The second kappa shape index (κ2) is 13.6. The lowest BCUT2D eigenvalue weighted by Gasteiger charge is -2.39. The molecule has 7 atom stereocenters. The minimum atomic E-state index is -1.51. The summed E-state index contributed by atoms with van der Waals surface area (Å²) in [4.78, 5) is 59.9. The highest BCUT2D eigenvalue weighted by Gasteiger charge is 2.74. The summed E-state index contributed by atoms with van der Waals surface area (Å²) in [5.41, 5.74) is 0.327. The maximum absolute atomic E-state index is 15.1. The number of benzene rings is 3. The molecule has 0 aliphatic carbocycles. The van der Waals surface area contributed by atoms with Crippen molar-refractivity contribution in [2.45, 2.75) is 42.7 Å². The van der Waals surface area contributed by atoms with Crippen LogP contribution in [0.2, 0.25) is 5.02 Å². The molecule has 5 bridgehead atoms. The van der Waals surface area contributed by atoms with Gasteiger partial charge in [-0.25, -0.2) is 0 Å². The zero-order valence-electron chi connectivity index (χ0n) is 26.6. The van der Waals surface area contributed by atoms with Crippen molar-refractivity contribution in [1.82, 2.24) is 10.2 Å². The summed E-state index contributed by atoms with van der Waals surface area (Å²) in [6.07, 6.45) is 6.02. The Hall–Kier alpha value is -4.77. The highest BCUT2D eigenvalue weighted by Crippen LogP contribution is 2.57. The lowest BCUT2D eigenvalue weighted by Crippen LogP contribution is -2.57.